The summed E-state index contributed by atoms with van der Waals surface area (Å²) in [5.41, 5.74) is 1.21. The predicted octanol–water partition coefficient (Wildman–Crippen LogP) is 2.65. The molecule has 0 bridgehead atoms. The number of hydrogen-bond acceptors (Lipinski definition) is 3. The number of likely N-dealkylation sites (tertiary alicyclic amines) is 1. The van der Waals surface area contributed by atoms with Crippen molar-refractivity contribution in [1.82, 2.24) is 19.7 Å². The van der Waals surface area contributed by atoms with E-state index < -0.39 is 0 Å². The average molecular weight is 380 g/mol. The van der Waals surface area contributed by atoms with Crippen molar-refractivity contribution in [3.05, 3.63) is 82.3 Å². The topological polar surface area (TPSA) is 71.0 Å². The van der Waals surface area contributed by atoms with Crippen LogP contribution in [0.3, 0.4) is 0 Å². The highest BCUT2D eigenvalue weighted by atomic mass is 19.1. The zero-order valence-electron chi connectivity index (χ0n) is 15.3. The molecule has 1 amide bonds. The Bertz CT molecular complexity index is 1010. The maximum atomic E-state index is 13.0. The number of para-hydroxylation sites is 1. The van der Waals surface area contributed by atoms with E-state index in [1.54, 1.807) is 17.0 Å². The molecule has 4 rings (SSSR count). The Hall–Kier alpha value is -3.22. The third-order valence-electron chi connectivity index (χ3n) is 5.07. The van der Waals surface area contributed by atoms with E-state index in [2.05, 4.69) is 10.1 Å². The fourth-order valence-electron chi connectivity index (χ4n) is 3.58. The van der Waals surface area contributed by atoms with Crippen molar-refractivity contribution < 1.29 is 9.18 Å². The average Bonchev–Trinajstić information content (AvgIpc) is 3.12. The summed E-state index contributed by atoms with van der Waals surface area (Å²) in [7, 11) is 0. The van der Waals surface area contributed by atoms with Crippen molar-refractivity contribution in [1.29, 1.82) is 0 Å². The molecule has 1 saturated heterocycles. The van der Waals surface area contributed by atoms with Crippen LogP contribution in [-0.4, -0.2) is 38.7 Å². The lowest BCUT2D eigenvalue weighted by Crippen LogP contribution is -2.40. The largest absolute Gasteiger partial charge is 0.348 e. The molecule has 6 nitrogen and oxygen atoms in total. The summed E-state index contributed by atoms with van der Waals surface area (Å²) in [5.74, 6) is 0.282. The number of carbonyl (C=O) groups excluding carboxylic acids is 1. The number of halogens is 1. The van der Waals surface area contributed by atoms with Gasteiger partial charge in [-0.05, 0) is 42.7 Å². The molecule has 0 radical (unpaired) electrons. The molecule has 7 heteroatoms. The van der Waals surface area contributed by atoms with Crippen LogP contribution in [0.15, 0.2) is 59.4 Å². The Morgan fingerprint density at radius 2 is 1.89 bits per heavy atom. The molecular formula is C21H21FN4O2. The smallest absolute Gasteiger partial charge is 0.342 e. The third kappa shape index (κ3) is 3.88. The Balaban J connectivity index is 1.47. The van der Waals surface area contributed by atoms with Gasteiger partial charge in [0.05, 0.1) is 12.1 Å². The van der Waals surface area contributed by atoms with Crippen LogP contribution in [0.5, 0.6) is 0 Å². The van der Waals surface area contributed by atoms with Crippen molar-refractivity contribution >= 4 is 5.91 Å². The van der Waals surface area contributed by atoms with Gasteiger partial charge in [-0.1, -0.05) is 30.3 Å². The molecule has 144 valence electrons. The van der Waals surface area contributed by atoms with E-state index in [1.807, 2.05) is 30.3 Å². The predicted molar refractivity (Wildman–Crippen MR) is 103 cm³/mol. The SMILES string of the molecule is O=C(Cc1ccc(F)cc1)N1CCCC(c2nn(-c3ccccc3)c(=O)[nH]2)C1. The highest BCUT2D eigenvalue weighted by Crippen LogP contribution is 2.24. The number of aromatic nitrogens is 3. The number of amides is 1. The van der Waals surface area contributed by atoms with Gasteiger partial charge in [-0.3, -0.25) is 9.78 Å². The van der Waals surface area contributed by atoms with Crippen molar-refractivity contribution in [2.45, 2.75) is 25.2 Å². The number of hydrogen-bond donors (Lipinski definition) is 1. The van der Waals surface area contributed by atoms with Crippen LogP contribution >= 0.6 is 0 Å². The van der Waals surface area contributed by atoms with Crippen LogP contribution < -0.4 is 5.69 Å². The van der Waals surface area contributed by atoms with E-state index in [0.29, 0.717) is 24.6 Å². The first-order valence-corrected chi connectivity index (χ1v) is 9.37. The molecule has 1 atom stereocenters. The molecule has 0 aliphatic carbocycles. The van der Waals surface area contributed by atoms with E-state index in [0.717, 1.165) is 18.4 Å². The van der Waals surface area contributed by atoms with E-state index in [-0.39, 0.29) is 29.8 Å². The summed E-state index contributed by atoms with van der Waals surface area (Å²) in [6.07, 6.45) is 1.95. The molecule has 1 aliphatic heterocycles. The van der Waals surface area contributed by atoms with Crippen molar-refractivity contribution in [2.24, 2.45) is 0 Å². The first-order chi connectivity index (χ1) is 13.6. The highest BCUT2D eigenvalue weighted by molar-refractivity contribution is 5.79. The first kappa shape index (κ1) is 18.2. The molecular weight excluding hydrogens is 359 g/mol. The van der Waals surface area contributed by atoms with Gasteiger partial charge in [-0.25, -0.2) is 9.18 Å². The van der Waals surface area contributed by atoms with Gasteiger partial charge in [-0.15, -0.1) is 5.10 Å². The number of piperidine rings is 1. The number of nitrogens with zero attached hydrogens (tertiary/aromatic N) is 3. The molecule has 1 N–H and O–H groups in total. The Kier molecular flexibility index (Phi) is 5.06. The molecule has 2 aromatic carbocycles. The molecule has 1 aliphatic rings. The molecule has 1 fully saturated rings. The third-order valence-corrected chi connectivity index (χ3v) is 5.07. The van der Waals surface area contributed by atoms with E-state index in [1.165, 1.54) is 16.8 Å². The number of benzene rings is 2. The van der Waals surface area contributed by atoms with Crippen LogP contribution in [0.4, 0.5) is 4.39 Å². The van der Waals surface area contributed by atoms with Crippen LogP contribution in [0.1, 0.15) is 30.1 Å². The van der Waals surface area contributed by atoms with Crippen molar-refractivity contribution in [3.63, 3.8) is 0 Å². The number of aromatic amines is 1. The molecule has 2 heterocycles. The molecule has 3 aromatic rings. The molecule has 1 aromatic heterocycles. The Morgan fingerprint density at radius 1 is 1.14 bits per heavy atom. The van der Waals surface area contributed by atoms with Gasteiger partial charge in [0.1, 0.15) is 11.6 Å². The minimum atomic E-state index is -0.313. The fraction of sp³-hybridized carbons (Fsp3) is 0.286. The lowest BCUT2D eigenvalue weighted by molar-refractivity contribution is -0.131. The number of rotatable bonds is 4. The lowest BCUT2D eigenvalue weighted by Gasteiger charge is -2.31. The van der Waals surface area contributed by atoms with Gasteiger partial charge in [-0.2, -0.15) is 4.68 Å². The van der Waals surface area contributed by atoms with Gasteiger partial charge in [0.25, 0.3) is 0 Å². The van der Waals surface area contributed by atoms with Gasteiger partial charge >= 0.3 is 5.69 Å². The summed E-state index contributed by atoms with van der Waals surface area (Å²) in [4.78, 5) is 29.6. The Morgan fingerprint density at radius 3 is 2.64 bits per heavy atom. The van der Waals surface area contributed by atoms with Gasteiger partial charge in [0.2, 0.25) is 5.91 Å². The summed E-state index contributed by atoms with van der Waals surface area (Å²) < 4.78 is 14.4. The quantitative estimate of drug-likeness (QED) is 0.756. The van der Waals surface area contributed by atoms with Gasteiger partial charge in [0, 0.05) is 19.0 Å². The van der Waals surface area contributed by atoms with Crippen molar-refractivity contribution in [2.75, 3.05) is 13.1 Å². The van der Waals surface area contributed by atoms with Crippen LogP contribution in [0, 0.1) is 5.82 Å². The standard InChI is InChI=1S/C21H21FN4O2/c22-17-10-8-15(9-11-17)13-19(27)25-12-4-5-16(14-25)20-23-21(28)26(24-20)18-6-2-1-3-7-18/h1-3,6-11,16H,4-5,12-14H2,(H,23,24,28). The number of nitrogens with one attached hydrogen (secondary N) is 1. The summed E-state index contributed by atoms with van der Waals surface area (Å²) in [6.45, 7) is 1.20. The van der Waals surface area contributed by atoms with Crippen LogP contribution in [0.2, 0.25) is 0 Å². The monoisotopic (exact) mass is 380 g/mol. The molecule has 0 saturated carbocycles. The zero-order valence-corrected chi connectivity index (χ0v) is 15.3. The zero-order chi connectivity index (χ0) is 19.5. The fourth-order valence-corrected chi connectivity index (χ4v) is 3.58. The molecule has 28 heavy (non-hydrogen) atoms. The highest BCUT2D eigenvalue weighted by Gasteiger charge is 2.27. The van der Waals surface area contributed by atoms with E-state index in [4.69, 9.17) is 0 Å². The second kappa shape index (κ2) is 7.80. The van der Waals surface area contributed by atoms with E-state index in [9.17, 15) is 14.0 Å². The second-order valence-corrected chi connectivity index (χ2v) is 7.04. The lowest BCUT2D eigenvalue weighted by atomic mass is 9.97. The van der Waals surface area contributed by atoms with Crippen molar-refractivity contribution in [3.8, 4) is 5.69 Å². The second-order valence-electron chi connectivity index (χ2n) is 7.04. The number of H-pyrrole nitrogens is 1. The Labute approximate surface area is 161 Å². The summed E-state index contributed by atoms with van der Waals surface area (Å²) in [5, 5.41) is 4.46. The summed E-state index contributed by atoms with van der Waals surface area (Å²) in [6, 6.07) is 15.2. The first-order valence-electron chi connectivity index (χ1n) is 9.37. The number of carbonyl (C=O) groups is 1. The van der Waals surface area contributed by atoms with E-state index >= 15 is 0 Å². The minimum absolute atomic E-state index is 0.00106. The van der Waals surface area contributed by atoms with Gasteiger partial charge in [0.15, 0.2) is 0 Å². The van der Waals surface area contributed by atoms with Gasteiger partial charge < -0.3 is 4.90 Å². The minimum Gasteiger partial charge on any atom is -0.342 e. The maximum Gasteiger partial charge on any atom is 0.348 e. The summed E-state index contributed by atoms with van der Waals surface area (Å²) >= 11 is 0. The maximum absolute atomic E-state index is 13.0. The van der Waals surface area contributed by atoms with Crippen LogP contribution in [-0.2, 0) is 11.2 Å². The van der Waals surface area contributed by atoms with Crippen LogP contribution in [0.25, 0.3) is 5.69 Å². The normalized spacial score (nSPS) is 16.9. The molecule has 0 spiro atoms. The molecule has 1 unspecified atom stereocenters.